The minimum Gasteiger partial charge on any atom is -0.355 e. The Morgan fingerprint density at radius 2 is 2.17 bits per heavy atom. The van der Waals surface area contributed by atoms with Crippen molar-refractivity contribution in [2.75, 3.05) is 19.6 Å². The number of hydrogen-bond acceptors (Lipinski definition) is 2. The van der Waals surface area contributed by atoms with Gasteiger partial charge in [0, 0.05) is 9.40 Å². The second-order valence-electron chi connectivity index (χ2n) is 3.31. The smallest absolute Gasteiger partial charge is 0.233 e. The Bertz CT molecular complexity index is 132. The number of hydrogen-bond donors (Lipinski definition) is 2. The van der Waals surface area contributed by atoms with Gasteiger partial charge in [0.15, 0.2) is 0 Å². The Hall–Kier alpha value is -0.570. The largest absolute Gasteiger partial charge is 0.355 e. The third-order valence-electron chi connectivity index (χ3n) is 1.56. The SMILES string of the molecule is CCNC(=O)CNCCC(C)C.[HH].[HH]. The quantitative estimate of drug-likeness (QED) is 0.598. The molecule has 0 saturated carbocycles. The maximum atomic E-state index is 10.9. The summed E-state index contributed by atoms with van der Waals surface area (Å²) in [5.74, 6) is 0.785. The fraction of sp³-hybridized carbons (Fsp3) is 0.889. The highest BCUT2D eigenvalue weighted by Crippen LogP contribution is 1.95. The third kappa shape index (κ3) is 7.54. The Morgan fingerprint density at radius 1 is 1.50 bits per heavy atom. The van der Waals surface area contributed by atoms with Gasteiger partial charge in [-0.25, -0.2) is 0 Å². The van der Waals surface area contributed by atoms with Crippen LogP contribution in [0, 0.1) is 5.92 Å². The molecule has 0 aliphatic rings. The van der Waals surface area contributed by atoms with Crippen molar-refractivity contribution < 1.29 is 7.65 Å². The molecule has 0 unspecified atom stereocenters. The summed E-state index contributed by atoms with van der Waals surface area (Å²) in [5.41, 5.74) is 0. The number of nitrogens with one attached hydrogen (secondary N) is 2. The van der Waals surface area contributed by atoms with E-state index in [1.807, 2.05) is 6.92 Å². The highest BCUT2D eigenvalue weighted by molar-refractivity contribution is 5.77. The maximum absolute atomic E-state index is 10.9. The molecule has 0 bridgehead atoms. The van der Waals surface area contributed by atoms with Gasteiger partial charge in [0.1, 0.15) is 0 Å². The second-order valence-corrected chi connectivity index (χ2v) is 3.31. The van der Waals surface area contributed by atoms with Crippen molar-refractivity contribution in [1.82, 2.24) is 10.6 Å². The lowest BCUT2D eigenvalue weighted by Crippen LogP contribution is -2.34. The molecule has 0 heterocycles. The van der Waals surface area contributed by atoms with Crippen LogP contribution in [0.5, 0.6) is 0 Å². The van der Waals surface area contributed by atoms with Crippen LogP contribution in [0.1, 0.15) is 30.0 Å². The summed E-state index contributed by atoms with van der Waals surface area (Å²) in [5, 5.41) is 5.82. The van der Waals surface area contributed by atoms with Gasteiger partial charge >= 0.3 is 0 Å². The Morgan fingerprint density at radius 3 is 2.67 bits per heavy atom. The predicted octanol–water partition coefficient (Wildman–Crippen LogP) is 1.25. The van der Waals surface area contributed by atoms with Crippen LogP contribution in [0.2, 0.25) is 0 Å². The minimum atomic E-state index is 0. The van der Waals surface area contributed by atoms with Crippen molar-refractivity contribution in [3.05, 3.63) is 0 Å². The zero-order valence-corrected chi connectivity index (χ0v) is 8.31. The van der Waals surface area contributed by atoms with E-state index in [1.165, 1.54) is 0 Å². The van der Waals surface area contributed by atoms with Crippen molar-refractivity contribution in [1.29, 1.82) is 0 Å². The molecule has 0 aromatic heterocycles. The van der Waals surface area contributed by atoms with E-state index >= 15 is 0 Å². The van der Waals surface area contributed by atoms with E-state index in [1.54, 1.807) is 0 Å². The molecular weight excluding hydrogens is 152 g/mol. The first kappa shape index (κ1) is 11.4. The van der Waals surface area contributed by atoms with Gasteiger partial charge in [0.2, 0.25) is 5.91 Å². The standard InChI is InChI=1S/C9H20N2O.2H2/c1-4-11-9(12)7-10-6-5-8(2)3;;/h8,10H,4-7H2,1-3H3,(H,11,12);2*1H. The molecular formula is C9H24N2O. The molecule has 0 rings (SSSR count). The van der Waals surface area contributed by atoms with E-state index in [0.29, 0.717) is 19.0 Å². The monoisotopic (exact) mass is 176 g/mol. The first-order valence-corrected chi connectivity index (χ1v) is 4.64. The lowest BCUT2D eigenvalue weighted by molar-refractivity contribution is -0.120. The van der Waals surface area contributed by atoms with Gasteiger partial charge in [-0.15, -0.1) is 0 Å². The molecule has 3 nitrogen and oxygen atoms in total. The summed E-state index contributed by atoms with van der Waals surface area (Å²) in [6.07, 6.45) is 1.12. The molecule has 76 valence electrons. The molecule has 0 saturated heterocycles. The topological polar surface area (TPSA) is 41.1 Å². The van der Waals surface area contributed by atoms with Gasteiger partial charge in [0.25, 0.3) is 0 Å². The van der Waals surface area contributed by atoms with Gasteiger partial charge in [-0.2, -0.15) is 0 Å². The summed E-state index contributed by atoms with van der Waals surface area (Å²) in [6, 6.07) is 0. The molecule has 12 heavy (non-hydrogen) atoms. The number of carbonyl (C=O) groups is 1. The predicted molar refractivity (Wildman–Crippen MR) is 55.2 cm³/mol. The van der Waals surface area contributed by atoms with Gasteiger partial charge in [-0.1, -0.05) is 13.8 Å². The van der Waals surface area contributed by atoms with E-state index in [9.17, 15) is 4.79 Å². The molecule has 0 atom stereocenters. The zero-order valence-electron chi connectivity index (χ0n) is 8.31. The summed E-state index contributed by atoms with van der Waals surface area (Å²) in [6.45, 7) is 8.35. The molecule has 0 spiro atoms. The molecule has 2 N–H and O–H groups in total. The summed E-state index contributed by atoms with van der Waals surface area (Å²) in [7, 11) is 0. The summed E-state index contributed by atoms with van der Waals surface area (Å²) in [4.78, 5) is 10.9. The van der Waals surface area contributed by atoms with Crippen LogP contribution in [0.25, 0.3) is 0 Å². The average Bonchev–Trinajstić information content (AvgIpc) is 1.98. The fourth-order valence-electron chi connectivity index (χ4n) is 0.852. The molecule has 1 amide bonds. The second kappa shape index (κ2) is 7.10. The number of rotatable bonds is 6. The zero-order chi connectivity index (χ0) is 9.40. The normalized spacial score (nSPS) is 10.3. The molecule has 0 fully saturated rings. The average molecular weight is 176 g/mol. The Kier molecular flexibility index (Phi) is 6.76. The number of carbonyl (C=O) groups excluding carboxylic acids is 1. The van der Waals surface area contributed by atoms with Crippen LogP contribution in [0.4, 0.5) is 0 Å². The van der Waals surface area contributed by atoms with E-state index in [4.69, 9.17) is 0 Å². The van der Waals surface area contributed by atoms with Gasteiger partial charge in [-0.3, -0.25) is 4.79 Å². The van der Waals surface area contributed by atoms with Crippen LogP contribution in [-0.2, 0) is 4.79 Å². The minimum absolute atomic E-state index is 0. The molecule has 0 aliphatic heterocycles. The first-order valence-electron chi connectivity index (χ1n) is 4.64. The van der Waals surface area contributed by atoms with Crippen molar-refractivity contribution in [3.8, 4) is 0 Å². The summed E-state index contributed by atoms with van der Waals surface area (Å²) >= 11 is 0. The van der Waals surface area contributed by atoms with Crippen LogP contribution < -0.4 is 10.6 Å². The third-order valence-corrected chi connectivity index (χ3v) is 1.56. The van der Waals surface area contributed by atoms with E-state index < -0.39 is 0 Å². The van der Waals surface area contributed by atoms with Crippen LogP contribution in [0.3, 0.4) is 0 Å². The lowest BCUT2D eigenvalue weighted by atomic mass is 10.1. The Balaban J connectivity index is -0.000000605. The number of likely N-dealkylation sites (N-methyl/N-ethyl adjacent to an activating group) is 1. The molecule has 0 aromatic rings. The highest BCUT2D eigenvalue weighted by atomic mass is 16.1. The molecule has 0 radical (unpaired) electrons. The van der Waals surface area contributed by atoms with Gasteiger partial charge < -0.3 is 10.6 Å². The van der Waals surface area contributed by atoms with Crippen LogP contribution >= 0.6 is 0 Å². The fourth-order valence-corrected chi connectivity index (χ4v) is 0.852. The number of amides is 1. The van der Waals surface area contributed by atoms with E-state index in [0.717, 1.165) is 13.0 Å². The van der Waals surface area contributed by atoms with Crippen molar-refractivity contribution >= 4 is 5.91 Å². The highest BCUT2D eigenvalue weighted by Gasteiger charge is 1.97. The van der Waals surface area contributed by atoms with Crippen LogP contribution in [-0.4, -0.2) is 25.5 Å². The van der Waals surface area contributed by atoms with E-state index in [2.05, 4.69) is 24.5 Å². The van der Waals surface area contributed by atoms with E-state index in [-0.39, 0.29) is 8.76 Å². The van der Waals surface area contributed by atoms with Gasteiger partial charge in [0.05, 0.1) is 6.54 Å². The molecule has 0 aliphatic carbocycles. The molecule has 0 aromatic carbocycles. The summed E-state index contributed by atoms with van der Waals surface area (Å²) < 4.78 is 0. The first-order chi connectivity index (χ1) is 5.66. The van der Waals surface area contributed by atoms with Crippen molar-refractivity contribution in [2.24, 2.45) is 5.92 Å². The Labute approximate surface area is 77.9 Å². The van der Waals surface area contributed by atoms with Crippen molar-refractivity contribution in [2.45, 2.75) is 27.2 Å². The maximum Gasteiger partial charge on any atom is 0.233 e. The van der Waals surface area contributed by atoms with Crippen molar-refractivity contribution in [3.63, 3.8) is 0 Å². The molecule has 3 heteroatoms. The van der Waals surface area contributed by atoms with Gasteiger partial charge in [-0.05, 0) is 25.8 Å². The van der Waals surface area contributed by atoms with Crippen LogP contribution in [0.15, 0.2) is 0 Å². The lowest BCUT2D eigenvalue weighted by Gasteiger charge is -2.06.